The second kappa shape index (κ2) is 5.77. The molecule has 2 N–H and O–H groups in total. The molecular formula is C20H25N2+. The van der Waals surface area contributed by atoms with Crippen LogP contribution in [-0.4, -0.2) is 19.1 Å². The monoisotopic (exact) mass is 293 g/mol. The Morgan fingerprint density at radius 3 is 2.59 bits per heavy atom. The van der Waals surface area contributed by atoms with Gasteiger partial charge in [0.05, 0.1) is 13.1 Å². The molecule has 0 radical (unpaired) electrons. The minimum absolute atomic E-state index is 0.649. The average Bonchev–Trinajstić information content (AvgIpc) is 2.90. The Morgan fingerprint density at radius 2 is 1.77 bits per heavy atom. The van der Waals surface area contributed by atoms with Crippen molar-refractivity contribution in [2.75, 3.05) is 11.9 Å². The van der Waals surface area contributed by atoms with Gasteiger partial charge in [0, 0.05) is 24.6 Å². The number of fused-ring (bicyclic) bond motifs is 3. The molecule has 0 bridgehead atoms. The van der Waals surface area contributed by atoms with Gasteiger partial charge in [-0.1, -0.05) is 48.5 Å². The molecule has 114 valence electrons. The molecule has 1 fully saturated rings. The molecule has 1 saturated carbocycles. The third-order valence-electron chi connectivity index (χ3n) is 5.53. The first kappa shape index (κ1) is 13.8. The molecule has 2 nitrogen and oxygen atoms in total. The fourth-order valence-electron chi connectivity index (χ4n) is 4.56. The topological polar surface area (TPSA) is 19.9 Å². The highest BCUT2D eigenvalue weighted by Crippen LogP contribution is 2.47. The summed E-state index contributed by atoms with van der Waals surface area (Å²) in [5.74, 6) is 0.717. The van der Waals surface area contributed by atoms with E-state index in [2.05, 4.69) is 71.9 Å². The Labute approximate surface area is 133 Å². The maximum Gasteiger partial charge on any atom is 0.107 e. The van der Waals surface area contributed by atoms with Gasteiger partial charge in [0.15, 0.2) is 0 Å². The Hall–Kier alpha value is -1.80. The van der Waals surface area contributed by atoms with E-state index in [4.69, 9.17) is 0 Å². The van der Waals surface area contributed by atoms with Crippen molar-refractivity contribution >= 4 is 5.69 Å². The lowest BCUT2D eigenvalue weighted by Crippen LogP contribution is -2.90. The number of para-hydroxylation sites is 1. The zero-order valence-electron chi connectivity index (χ0n) is 13.3. The summed E-state index contributed by atoms with van der Waals surface area (Å²) in [6.07, 6.45) is 4.05. The molecule has 0 unspecified atom stereocenters. The maximum atomic E-state index is 2.68. The van der Waals surface area contributed by atoms with E-state index in [0.29, 0.717) is 6.04 Å². The lowest BCUT2D eigenvalue weighted by atomic mass is 9.79. The fourth-order valence-corrected chi connectivity index (χ4v) is 4.56. The summed E-state index contributed by atoms with van der Waals surface area (Å²) < 4.78 is 0. The molecule has 0 aromatic heterocycles. The molecule has 2 aromatic carbocycles. The molecular weight excluding hydrogens is 268 g/mol. The van der Waals surface area contributed by atoms with Crippen molar-refractivity contribution in [3.05, 3.63) is 65.7 Å². The number of nitrogens with zero attached hydrogens (tertiary/aromatic N) is 1. The van der Waals surface area contributed by atoms with Crippen molar-refractivity contribution in [3.8, 4) is 0 Å². The first-order chi connectivity index (χ1) is 10.9. The van der Waals surface area contributed by atoms with Gasteiger partial charge in [-0.2, -0.15) is 0 Å². The molecule has 1 heterocycles. The van der Waals surface area contributed by atoms with E-state index in [1.165, 1.54) is 30.5 Å². The van der Waals surface area contributed by atoms with Crippen molar-refractivity contribution < 1.29 is 5.32 Å². The summed E-state index contributed by atoms with van der Waals surface area (Å²) in [4.78, 5) is 2.68. The van der Waals surface area contributed by atoms with Gasteiger partial charge in [-0.05, 0) is 30.0 Å². The van der Waals surface area contributed by atoms with Gasteiger partial charge in [0.25, 0.3) is 0 Å². The number of rotatable bonds is 3. The third-order valence-corrected chi connectivity index (χ3v) is 5.53. The van der Waals surface area contributed by atoms with E-state index in [1.807, 2.05) is 0 Å². The molecule has 3 atom stereocenters. The minimum Gasteiger partial charge on any atom is -0.357 e. The summed E-state index contributed by atoms with van der Waals surface area (Å²) in [6.45, 7) is 1.03. The van der Waals surface area contributed by atoms with Gasteiger partial charge in [0.1, 0.15) is 6.04 Å². The summed E-state index contributed by atoms with van der Waals surface area (Å²) in [7, 11) is 2.25. The summed E-state index contributed by atoms with van der Waals surface area (Å²) in [6, 6.07) is 21.4. The van der Waals surface area contributed by atoms with Crippen molar-refractivity contribution in [3.63, 3.8) is 0 Å². The van der Waals surface area contributed by atoms with Crippen LogP contribution in [0.1, 0.15) is 36.3 Å². The first-order valence-corrected chi connectivity index (χ1v) is 8.57. The lowest BCUT2D eigenvalue weighted by molar-refractivity contribution is -0.668. The van der Waals surface area contributed by atoms with E-state index in [1.54, 1.807) is 5.56 Å². The van der Waals surface area contributed by atoms with Crippen molar-refractivity contribution in [1.82, 2.24) is 0 Å². The van der Waals surface area contributed by atoms with E-state index < -0.39 is 0 Å². The van der Waals surface area contributed by atoms with Crippen LogP contribution in [0.4, 0.5) is 5.69 Å². The zero-order valence-corrected chi connectivity index (χ0v) is 13.3. The minimum atomic E-state index is 0.649. The van der Waals surface area contributed by atoms with Crippen LogP contribution in [0.2, 0.25) is 0 Å². The highest BCUT2D eigenvalue weighted by molar-refractivity contribution is 5.62. The van der Waals surface area contributed by atoms with Crippen molar-refractivity contribution in [2.24, 2.45) is 0 Å². The van der Waals surface area contributed by atoms with Crippen molar-refractivity contribution in [2.45, 2.75) is 43.8 Å². The molecule has 1 aliphatic heterocycles. The van der Waals surface area contributed by atoms with Crippen LogP contribution >= 0.6 is 0 Å². The first-order valence-electron chi connectivity index (χ1n) is 8.57. The molecule has 1 aliphatic carbocycles. The Bertz CT molecular complexity index is 637. The molecule has 0 spiro atoms. The SMILES string of the molecule is C[NH2+][C@H]1CCC[C@H]2c3ccccc3N(Cc3ccccc3)[C@@H]12. The smallest absolute Gasteiger partial charge is 0.107 e. The fraction of sp³-hybridized carbons (Fsp3) is 0.400. The Kier molecular flexibility index (Phi) is 3.63. The third kappa shape index (κ3) is 2.22. The maximum absolute atomic E-state index is 2.68. The average molecular weight is 293 g/mol. The van der Waals surface area contributed by atoms with E-state index >= 15 is 0 Å². The van der Waals surface area contributed by atoms with Crippen LogP contribution in [0, 0.1) is 0 Å². The number of hydrogen-bond acceptors (Lipinski definition) is 1. The number of quaternary nitrogens is 1. The predicted molar refractivity (Wildman–Crippen MR) is 91.1 cm³/mol. The molecule has 2 aliphatic rings. The van der Waals surface area contributed by atoms with Crippen LogP contribution in [0.15, 0.2) is 54.6 Å². The van der Waals surface area contributed by atoms with Gasteiger partial charge < -0.3 is 10.2 Å². The van der Waals surface area contributed by atoms with Crippen LogP contribution in [0.3, 0.4) is 0 Å². The number of nitrogens with two attached hydrogens (primary N) is 1. The quantitative estimate of drug-likeness (QED) is 0.922. The highest BCUT2D eigenvalue weighted by atomic mass is 15.2. The number of likely N-dealkylation sites (N-methyl/N-ethyl adjacent to an activating group) is 1. The molecule has 0 amide bonds. The van der Waals surface area contributed by atoms with Crippen molar-refractivity contribution in [1.29, 1.82) is 0 Å². The highest BCUT2D eigenvalue weighted by Gasteiger charge is 2.45. The largest absolute Gasteiger partial charge is 0.357 e. The standard InChI is InChI=1S/C20H24N2/c1-21-18-12-7-11-17-16-10-5-6-13-19(16)22(20(17)18)14-15-8-3-2-4-9-15/h2-6,8-10,13,17-18,20-21H,7,11-12,14H2,1H3/p+1/t17-,18-,20+/m0/s1. The van der Waals surface area contributed by atoms with E-state index in [9.17, 15) is 0 Å². The van der Waals surface area contributed by atoms with E-state index in [0.717, 1.165) is 18.5 Å². The van der Waals surface area contributed by atoms with Gasteiger partial charge in [-0.15, -0.1) is 0 Å². The Balaban J connectivity index is 1.73. The van der Waals surface area contributed by atoms with Crippen LogP contribution < -0.4 is 10.2 Å². The van der Waals surface area contributed by atoms with Gasteiger partial charge >= 0.3 is 0 Å². The molecule has 4 rings (SSSR count). The van der Waals surface area contributed by atoms with Gasteiger partial charge in [0.2, 0.25) is 0 Å². The zero-order chi connectivity index (χ0) is 14.9. The van der Waals surface area contributed by atoms with Crippen LogP contribution in [0.5, 0.6) is 0 Å². The summed E-state index contributed by atoms with van der Waals surface area (Å²) >= 11 is 0. The lowest BCUT2D eigenvalue weighted by Gasteiger charge is -2.37. The predicted octanol–water partition coefficient (Wildman–Crippen LogP) is 2.90. The summed E-state index contributed by atoms with van der Waals surface area (Å²) in [5, 5.41) is 2.45. The number of benzene rings is 2. The molecule has 22 heavy (non-hydrogen) atoms. The summed E-state index contributed by atoms with van der Waals surface area (Å²) in [5.41, 5.74) is 4.46. The van der Waals surface area contributed by atoms with Gasteiger partial charge in [-0.25, -0.2) is 0 Å². The second-order valence-corrected chi connectivity index (χ2v) is 6.70. The molecule has 0 saturated heterocycles. The van der Waals surface area contributed by atoms with Gasteiger partial charge in [-0.3, -0.25) is 0 Å². The normalized spacial score (nSPS) is 26.6. The van der Waals surface area contributed by atoms with Crippen LogP contribution in [-0.2, 0) is 6.54 Å². The Morgan fingerprint density at radius 1 is 1.00 bits per heavy atom. The second-order valence-electron chi connectivity index (χ2n) is 6.70. The molecule has 2 aromatic rings. The number of anilines is 1. The van der Waals surface area contributed by atoms with Crippen LogP contribution in [0.25, 0.3) is 0 Å². The van der Waals surface area contributed by atoms with E-state index in [-0.39, 0.29) is 0 Å². The molecule has 2 heteroatoms. The number of hydrogen-bond donors (Lipinski definition) is 1.